The van der Waals surface area contributed by atoms with Crippen molar-refractivity contribution < 1.29 is 0 Å². The minimum absolute atomic E-state index is 0.306. The third-order valence-electron chi connectivity index (χ3n) is 3.74. The maximum atomic E-state index is 5.64. The highest BCUT2D eigenvalue weighted by molar-refractivity contribution is 5.70. The normalized spacial score (nSPS) is 14.9. The molecule has 0 saturated carbocycles. The van der Waals surface area contributed by atoms with Gasteiger partial charge in [0.1, 0.15) is 0 Å². The van der Waals surface area contributed by atoms with Crippen molar-refractivity contribution in [2.24, 2.45) is 0 Å². The Morgan fingerprint density at radius 1 is 1.32 bits per heavy atom. The molecule has 3 heterocycles. The Balaban J connectivity index is 1.70. The van der Waals surface area contributed by atoms with E-state index in [0.29, 0.717) is 5.95 Å². The summed E-state index contributed by atoms with van der Waals surface area (Å²) in [4.78, 5) is 8.71. The summed E-state index contributed by atoms with van der Waals surface area (Å²) in [6.07, 6.45) is 9.56. The molecule has 6 nitrogen and oxygen atoms in total. The molecule has 2 aromatic rings. The maximum absolute atomic E-state index is 5.64. The summed E-state index contributed by atoms with van der Waals surface area (Å²) in [5, 5.41) is 4.18. The summed E-state index contributed by atoms with van der Waals surface area (Å²) in [6, 6.07) is 4.03. The van der Waals surface area contributed by atoms with E-state index in [1.54, 1.807) is 4.52 Å². The number of fused-ring (bicyclic) bond motifs is 1. The minimum Gasteiger partial charge on any atom is -0.373 e. The Labute approximate surface area is 130 Å². The van der Waals surface area contributed by atoms with Crippen molar-refractivity contribution in [1.82, 2.24) is 24.4 Å². The molecule has 0 bridgehead atoms. The largest absolute Gasteiger partial charge is 0.373 e. The summed E-state index contributed by atoms with van der Waals surface area (Å²) < 4.78 is 1.74. The minimum atomic E-state index is 0.306. The van der Waals surface area contributed by atoms with Gasteiger partial charge < -0.3 is 15.5 Å². The van der Waals surface area contributed by atoms with E-state index < -0.39 is 0 Å². The predicted molar refractivity (Wildman–Crippen MR) is 89.3 cm³/mol. The molecule has 0 amide bonds. The first-order chi connectivity index (χ1) is 10.6. The first-order valence-electron chi connectivity index (χ1n) is 7.50. The van der Waals surface area contributed by atoms with Gasteiger partial charge in [0.25, 0.3) is 0 Å². The van der Waals surface area contributed by atoms with Crippen LogP contribution in [0.5, 0.6) is 0 Å². The second-order valence-corrected chi connectivity index (χ2v) is 5.85. The van der Waals surface area contributed by atoms with Crippen molar-refractivity contribution in [1.29, 1.82) is 0 Å². The van der Waals surface area contributed by atoms with Crippen LogP contribution in [0, 0.1) is 0 Å². The fraction of sp³-hybridized carbons (Fsp3) is 0.375. The van der Waals surface area contributed by atoms with Crippen LogP contribution in [0.15, 0.2) is 36.7 Å². The van der Waals surface area contributed by atoms with Gasteiger partial charge in [-0.3, -0.25) is 0 Å². The smallest absolute Gasteiger partial charge is 0.240 e. The van der Waals surface area contributed by atoms with Crippen LogP contribution in [-0.4, -0.2) is 58.1 Å². The Bertz CT molecular complexity index is 712. The van der Waals surface area contributed by atoms with E-state index in [0.717, 1.165) is 37.3 Å². The monoisotopic (exact) mass is 298 g/mol. The van der Waals surface area contributed by atoms with Crippen LogP contribution in [0.3, 0.4) is 0 Å². The number of allylic oxidation sites excluding steroid dienone is 2. The van der Waals surface area contributed by atoms with Crippen molar-refractivity contribution in [3.05, 3.63) is 42.2 Å². The lowest BCUT2D eigenvalue weighted by Gasteiger charge is -2.25. The van der Waals surface area contributed by atoms with Crippen LogP contribution >= 0.6 is 0 Å². The first-order valence-corrected chi connectivity index (χ1v) is 7.50. The molecule has 1 aliphatic rings. The van der Waals surface area contributed by atoms with Gasteiger partial charge in [-0.2, -0.15) is 4.98 Å². The van der Waals surface area contributed by atoms with Crippen molar-refractivity contribution in [2.45, 2.75) is 6.42 Å². The molecule has 6 heteroatoms. The Kier molecular flexibility index (Phi) is 4.11. The number of hydrogen-bond donors (Lipinski definition) is 1. The van der Waals surface area contributed by atoms with Crippen LogP contribution < -0.4 is 5.73 Å². The van der Waals surface area contributed by atoms with Gasteiger partial charge >= 0.3 is 0 Å². The second-order valence-electron chi connectivity index (χ2n) is 5.85. The number of nitrogens with two attached hydrogens (primary N) is 1. The summed E-state index contributed by atoms with van der Waals surface area (Å²) in [5.74, 6) is 0.306. The lowest BCUT2D eigenvalue weighted by Crippen LogP contribution is -2.25. The lowest BCUT2D eigenvalue weighted by atomic mass is 10.1. The van der Waals surface area contributed by atoms with Crippen LogP contribution in [-0.2, 0) is 0 Å². The standard InChI is InChI=1S/C16H22N6/c1-20(2)8-4-10-21-9-3-5-13(11-21)14-6-7-15-18-16(17)19-22(15)12-14/h3,5-7,9,12H,4,8,10-11H2,1-2H3,(H2,17,19). The summed E-state index contributed by atoms with van der Waals surface area (Å²) in [7, 11) is 4.22. The molecule has 0 aromatic carbocycles. The van der Waals surface area contributed by atoms with E-state index in [2.05, 4.69) is 58.4 Å². The first kappa shape index (κ1) is 14.6. The molecule has 2 aromatic heterocycles. The van der Waals surface area contributed by atoms with Crippen molar-refractivity contribution in [3.8, 4) is 0 Å². The van der Waals surface area contributed by atoms with E-state index in [9.17, 15) is 0 Å². The quantitative estimate of drug-likeness (QED) is 0.906. The molecule has 0 fully saturated rings. The maximum Gasteiger partial charge on any atom is 0.240 e. The summed E-state index contributed by atoms with van der Waals surface area (Å²) in [6.45, 7) is 3.08. The van der Waals surface area contributed by atoms with Gasteiger partial charge in [-0.05, 0) is 62.6 Å². The molecule has 0 atom stereocenters. The molecule has 2 N–H and O–H groups in total. The summed E-state index contributed by atoms with van der Waals surface area (Å²) >= 11 is 0. The number of nitrogens with zero attached hydrogens (tertiary/aromatic N) is 5. The third kappa shape index (κ3) is 3.28. The fourth-order valence-electron chi connectivity index (χ4n) is 2.63. The highest BCUT2D eigenvalue weighted by Gasteiger charge is 2.11. The molecule has 0 spiro atoms. The third-order valence-corrected chi connectivity index (χ3v) is 3.74. The highest BCUT2D eigenvalue weighted by atomic mass is 15.3. The number of pyridine rings is 1. The number of rotatable bonds is 5. The van der Waals surface area contributed by atoms with E-state index in [4.69, 9.17) is 5.73 Å². The number of anilines is 1. The molecule has 0 radical (unpaired) electrons. The van der Waals surface area contributed by atoms with Crippen LogP contribution in [0.1, 0.15) is 12.0 Å². The van der Waals surface area contributed by atoms with E-state index in [1.165, 1.54) is 5.57 Å². The van der Waals surface area contributed by atoms with Crippen LogP contribution in [0.4, 0.5) is 5.95 Å². The Morgan fingerprint density at radius 2 is 2.18 bits per heavy atom. The zero-order chi connectivity index (χ0) is 15.5. The number of hydrogen-bond acceptors (Lipinski definition) is 5. The van der Waals surface area contributed by atoms with Crippen molar-refractivity contribution >= 4 is 17.2 Å². The SMILES string of the molecule is CN(C)CCCN1C=CC=C(c2ccc3nc(N)nn3c2)C1. The van der Waals surface area contributed by atoms with Gasteiger partial charge in [0.05, 0.1) is 0 Å². The molecular weight excluding hydrogens is 276 g/mol. The lowest BCUT2D eigenvalue weighted by molar-refractivity contribution is 0.345. The van der Waals surface area contributed by atoms with Gasteiger partial charge in [-0.1, -0.05) is 6.08 Å². The fourth-order valence-corrected chi connectivity index (χ4v) is 2.63. The van der Waals surface area contributed by atoms with Gasteiger partial charge in [0.15, 0.2) is 5.65 Å². The van der Waals surface area contributed by atoms with Gasteiger partial charge in [-0.25, -0.2) is 4.52 Å². The van der Waals surface area contributed by atoms with Crippen LogP contribution in [0.25, 0.3) is 11.2 Å². The van der Waals surface area contributed by atoms with Crippen LogP contribution in [0.2, 0.25) is 0 Å². The number of nitrogen functional groups attached to an aromatic ring is 1. The van der Waals surface area contributed by atoms with Gasteiger partial charge in [-0.15, -0.1) is 5.10 Å². The van der Waals surface area contributed by atoms with E-state index in [-0.39, 0.29) is 0 Å². The van der Waals surface area contributed by atoms with Gasteiger partial charge in [0, 0.05) is 19.3 Å². The number of aromatic nitrogens is 3. The molecule has 116 valence electrons. The topological polar surface area (TPSA) is 62.7 Å². The molecular formula is C16H22N6. The van der Waals surface area contributed by atoms with Crippen molar-refractivity contribution in [2.75, 3.05) is 39.5 Å². The van der Waals surface area contributed by atoms with E-state index >= 15 is 0 Å². The van der Waals surface area contributed by atoms with E-state index in [1.807, 2.05) is 12.3 Å². The van der Waals surface area contributed by atoms with Crippen molar-refractivity contribution in [3.63, 3.8) is 0 Å². The predicted octanol–water partition coefficient (Wildman–Crippen LogP) is 1.48. The summed E-state index contributed by atoms with van der Waals surface area (Å²) in [5.41, 5.74) is 8.85. The zero-order valence-corrected chi connectivity index (χ0v) is 13.1. The Hall–Kier alpha value is -2.34. The highest BCUT2D eigenvalue weighted by Crippen LogP contribution is 2.20. The molecule has 22 heavy (non-hydrogen) atoms. The molecule has 0 unspecified atom stereocenters. The molecule has 0 saturated heterocycles. The molecule has 0 aliphatic carbocycles. The molecule has 3 rings (SSSR count). The zero-order valence-electron chi connectivity index (χ0n) is 13.1. The molecule has 1 aliphatic heterocycles. The van der Waals surface area contributed by atoms with Gasteiger partial charge in [0.2, 0.25) is 5.95 Å². The second kappa shape index (κ2) is 6.19. The average Bonchev–Trinajstić information content (AvgIpc) is 2.86. The Morgan fingerprint density at radius 3 is 3.00 bits per heavy atom. The average molecular weight is 298 g/mol.